The van der Waals surface area contributed by atoms with Crippen molar-refractivity contribution in [2.75, 3.05) is 13.7 Å². The summed E-state index contributed by atoms with van der Waals surface area (Å²) in [5.41, 5.74) is 1.37. The molecule has 120 valence electrons. The number of benzene rings is 1. The molecule has 1 atom stereocenters. The molecular formula is C19H32O2. The van der Waals surface area contributed by atoms with Crippen molar-refractivity contribution in [3.63, 3.8) is 0 Å². The van der Waals surface area contributed by atoms with Gasteiger partial charge in [-0.1, -0.05) is 38.8 Å². The Morgan fingerprint density at radius 1 is 1.10 bits per heavy atom. The molecule has 2 heteroatoms. The van der Waals surface area contributed by atoms with Gasteiger partial charge in [-0.25, -0.2) is 0 Å². The van der Waals surface area contributed by atoms with Crippen LogP contribution in [0.5, 0.6) is 5.75 Å². The van der Waals surface area contributed by atoms with Crippen LogP contribution in [-0.4, -0.2) is 19.3 Å². The minimum Gasteiger partial charge on any atom is -0.494 e. The summed E-state index contributed by atoms with van der Waals surface area (Å²) in [5.74, 6) is 1.69. The van der Waals surface area contributed by atoms with Gasteiger partial charge in [-0.3, -0.25) is 0 Å². The second-order valence-electron chi connectivity index (χ2n) is 6.60. The molecule has 0 heterocycles. The van der Waals surface area contributed by atoms with E-state index in [4.69, 9.17) is 9.47 Å². The molecule has 0 saturated carbocycles. The highest BCUT2D eigenvalue weighted by Crippen LogP contribution is 2.21. The van der Waals surface area contributed by atoms with Gasteiger partial charge in [0.2, 0.25) is 0 Å². The van der Waals surface area contributed by atoms with Gasteiger partial charge in [-0.15, -0.1) is 0 Å². The van der Waals surface area contributed by atoms with E-state index >= 15 is 0 Å². The molecule has 0 aliphatic rings. The van der Waals surface area contributed by atoms with Gasteiger partial charge < -0.3 is 9.47 Å². The summed E-state index contributed by atoms with van der Waals surface area (Å²) in [6.45, 7) is 9.59. The molecule has 0 aliphatic carbocycles. The van der Waals surface area contributed by atoms with Crippen molar-refractivity contribution in [1.82, 2.24) is 0 Å². The zero-order valence-electron chi connectivity index (χ0n) is 14.4. The van der Waals surface area contributed by atoms with Gasteiger partial charge >= 0.3 is 0 Å². The van der Waals surface area contributed by atoms with Crippen molar-refractivity contribution in [2.24, 2.45) is 5.92 Å². The normalized spacial score (nSPS) is 13.2. The maximum absolute atomic E-state index is 5.82. The SMILES string of the molecule is CCc1ccc(OCCC(C)CCCC(C)(C)OC)cc1. The summed E-state index contributed by atoms with van der Waals surface area (Å²) in [4.78, 5) is 0. The average molecular weight is 292 g/mol. The van der Waals surface area contributed by atoms with E-state index in [0.29, 0.717) is 5.92 Å². The van der Waals surface area contributed by atoms with Crippen LogP contribution in [0.25, 0.3) is 0 Å². The van der Waals surface area contributed by atoms with Gasteiger partial charge in [0.15, 0.2) is 0 Å². The Kier molecular flexibility index (Phi) is 7.81. The summed E-state index contributed by atoms with van der Waals surface area (Å²) < 4.78 is 11.3. The van der Waals surface area contributed by atoms with Crippen LogP contribution in [0.4, 0.5) is 0 Å². The summed E-state index contributed by atoms with van der Waals surface area (Å²) in [7, 11) is 1.79. The number of rotatable bonds is 10. The first kappa shape index (κ1) is 18.0. The Morgan fingerprint density at radius 3 is 2.33 bits per heavy atom. The van der Waals surface area contributed by atoms with Crippen LogP contribution in [0.15, 0.2) is 24.3 Å². The molecule has 0 fully saturated rings. The van der Waals surface area contributed by atoms with Crippen molar-refractivity contribution in [2.45, 2.75) is 65.4 Å². The molecule has 21 heavy (non-hydrogen) atoms. The number of aryl methyl sites for hydroxylation is 1. The number of hydrogen-bond acceptors (Lipinski definition) is 2. The fraction of sp³-hybridized carbons (Fsp3) is 0.684. The van der Waals surface area contributed by atoms with E-state index < -0.39 is 0 Å². The highest BCUT2D eigenvalue weighted by Gasteiger charge is 2.16. The number of ether oxygens (including phenoxy) is 2. The zero-order valence-corrected chi connectivity index (χ0v) is 14.4. The second kappa shape index (κ2) is 9.09. The number of hydrogen-bond donors (Lipinski definition) is 0. The lowest BCUT2D eigenvalue weighted by Crippen LogP contribution is -2.22. The first-order chi connectivity index (χ1) is 9.96. The summed E-state index contributed by atoms with van der Waals surface area (Å²) in [5, 5.41) is 0. The van der Waals surface area contributed by atoms with Gasteiger partial charge in [-0.2, -0.15) is 0 Å². The largest absolute Gasteiger partial charge is 0.494 e. The van der Waals surface area contributed by atoms with Crippen LogP contribution in [-0.2, 0) is 11.2 Å². The molecular weight excluding hydrogens is 260 g/mol. The van der Waals surface area contributed by atoms with Gasteiger partial charge in [-0.05, 0) is 56.7 Å². The standard InChI is InChI=1S/C19H32O2/c1-6-17-9-11-18(12-10-17)21-15-13-16(2)8-7-14-19(3,4)20-5/h9-12,16H,6-8,13-15H2,1-5H3. The molecule has 0 spiro atoms. The maximum atomic E-state index is 5.82. The maximum Gasteiger partial charge on any atom is 0.119 e. The molecule has 0 saturated heterocycles. The molecule has 2 nitrogen and oxygen atoms in total. The van der Waals surface area contributed by atoms with Crippen molar-refractivity contribution < 1.29 is 9.47 Å². The minimum absolute atomic E-state index is 0.0112. The monoisotopic (exact) mass is 292 g/mol. The third-order valence-electron chi connectivity index (χ3n) is 4.24. The Morgan fingerprint density at radius 2 is 1.76 bits per heavy atom. The van der Waals surface area contributed by atoms with E-state index in [2.05, 4.69) is 52.0 Å². The molecule has 0 bridgehead atoms. The smallest absolute Gasteiger partial charge is 0.119 e. The fourth-order valence-corrected chi connectivity index (χ4v) is 2.32. The lowest BCUT2D eigenvalue weighted by molar-refractivity contribution is 0.0126. The summed E-state index contributed by atoms with van der Waals surface area (Å²) >= 11 is 0. The third-order valence-corrected chi connectivity index (χ3v) is 4.24. The highest BCUT2D eigenvalue weighted by atomic mass is 16.5. The van der Waals surface area contributed by atoms with Crippen molar-refractivity contribution in [3.05, 3.63) is 29.8 Å². The van der Waals surface area contributed by atoms with Gasteiger partial charge in [0, 0.05) is 7.11 Å². The Hall–Kier alpha value is -1.02. The van der Waals surface area contributed by atoms with E-state index in [0.717, 1.165) is 31.6 Å². The zero-order chi connectivity index (χ0) is 15.7. The Balaban J connectivity index is 2.16. The van der Waals surface area contributed by atoms with Gasteiger partial charge in [0.05, 0.1) is 12.2 Å². The van der Waals surface area contributed by atoms with Crippen LogP contribution < -0.4 is 4.74 Å². The van der Waals surface area contributed by atoms with Crippen molar-refractivity contribution in [3.8, 4) is 5.75 Å². The van der Waals surface area contributed by atoms with E-state index in [1.807, 2.05) is 0 Å². The first-order valence-electron chi connectivity index (χ1n) is 8.23. The van der Waals surface area contributed by atoms with Crippen LogP contribution in [0.2, 0.25) is 0 Å². The molecule has 0 aromatic heterocycles. The molecule has 0 radical (unpaired) electrons. The van der Waals surface area contributed by atoms with E-state index in [9.17, 15) is 0 Å². The number of methoxy groups -OCH3 is 1. The highest BCUT2D eigenvalue weighted by molar-refractivity contribution is 5.27. The van der Waals surface area contributed by atoms with Crippen LogP contribution in [0, 0.1) is 5.92 Å². The summed E-state index contributed by atoms with van der Waals surface area (Å²) in [6, 6.07) is 8.44. The van der Waals surface area contributed by atoms with Crippen molar-refractivity contribution >= 4 is 0 Å². The fourth-order valence-electron chi connectivity index (χ4n) is 2.32. The lowest BCUT2D eigenvalue weighted by atomic mass is 9.95. The Labute approximate surface area is 130 Å². The first-order valence-corrected chi connectivity index (χ1v) is 8.23. The van der Waals surface area contributed by atoms with E-state index in [1.165, 1.54) is 18.4 Å². The molecule has 1 aromatic carbocycles. The molecule has 0 amide bonds. The Bertz CT molecular complexity index is 381. The topological polar surface area (TPSA) is 18.5 Å². The molecule has 1 rings (SSSR count). The van der Waals surface area contributed by atoms with E-state index in [1.54, 1.807) is 7.11 Å². The average Bonchev–Trinajstić information content (AvgIpc) is 2.48. The van der Waals surface area contributed by atoms with Gasteiger partial charge in [0.25, 0.3) is 0 Å². The van der Waals surface area contributed by atoms with Crippen LogP contribution >= 0.6 is 0 Å². The van der Waals surface area contributed by atoms with Crippen LogP contribution in [0.1, 0.15) is 58.9 Å². The molecule has 0 aliphatic heterocycles. The molecule has 1 unspecified atom stereocenters. The minimum atomic E-state index is 0.0112. The van der Waals surface area contributed by atoms with E-state index in [-0.39, 0.29) is 5.60 Å². The predicted molar refractivity (Wildman–Crippen MR) is 90.0 cm³/mol. The second-order valence-corrected chi connectivity index (χ2v) is 6.60. The van der Waals surface area contributed by atoms with Gasteiger partial charge in [0.1, 0.15) is 5.75 Å². The lowest BCUT2D eigenvalue weighted by Gasteiger charge is -2.23. The molecule has 0 N–H and O–H groups in total. The predicted octanol–water partition coefficient (Wildman–Crippen LogP) is 5.25. The summed E-state index contributed by atoms with van der Waals surface area (Å²) in [6.07, 6.45) is 5.77. The third kappa shape index (κ3) is 7.52. The van der Waals surface area contributed by atoms with Crippen LogP contribution in [0.3, 0.4) is 0 Å². The van der Waals surface area contributed by atoms with Crippen molar-refractivity contribution in [1.29, 1.82) is 0 Å². The molecule has 1 aromatic rings. The quantitative estimate of drug-likeness (QED) is 0.586.